The molecule has 2 N–H and O–H groups in total. The second kappa shape index (κ2) is 5.09. The van der Waals surface area contributed by atoms with Gasteiger partial charge in [-0.05, 0) is 67.3 Å². The summed E-state index contributed by atoms with van der Waals surface area (Å²) >= 11 is 0. The fourth-order valence-electron chi connectivity index (χ4n) is 7.09. The molecule has 0 aromatic heterocycles. The number of carboxylic acid groups (broad SMARTS) is 1. The van der Waals surface area contributed by atoms with E-state index in [9.17, 15) is 14.7 Å². The van der Waals surface area contributed by atoms with Crippen LogP contribution in [0.3, 0.4) is 0 Å². The van der Waals surface area contributed by atoms with Crippen molar-refractivity contribution in [2.45, 2.75) is 58.9 Å². The average Bonchev–Trinajstić information content (AvgIpc) is 2.86. The summed E-state index contributed by atoms with van der Waals surface area (Å²) in [6.07, 6.45) is 8.86. The van der Waals surface area contributed by atoms with Crippen molar-refractivity contribution in [2.75, 3.05) is 0 Å². The van der Waals surface area contributed by atoms with Crippen LogP contribution in [0.1, 0.15) is 52.9 Å². The van der Waals surface area contributed by atoms with E-state index in [0.717, 1.165) is 32.1 Å². The molecular formula is C20H29NO3. The lowest BCUT2D eigenvalue weighted by Gasteiger charge is -2.60. The molecule has 0 radical (unpaired) electrons. The van der Waals surface area contributed by atoms with Gasteiger partial charge in [0, 0.05) is 11.5 Å². The first-order valence-electron chi connectivity index (χ1n) is 9.50. The van der Waals surface area contributed by atoms with Crippen LogP contribution in [0, 0.1) is 40.4 Å². The number of fused-ring (bicyclic) bond motifs is 5. The maximum atomic E-state index is 11.8. The Morgan fingerprint density at radius 3 is 2.71 bits per heavy atom. The van der Waals surface area contributed by atoms with Crippen LogP contribution in [0.15, 0.2) is 12.2 Å². The van der Waals surface area contributed by atoms with Gasteiger partial charge < -0.3 is 10.4 Å². The van der Waals surface area contributed by atoms with Gasteiger partial charge in [-0.15, -0.1) is 0 Å². The molecule has 0 spiro atoms. The molecule has 0 aromatic carbocycles. The maximum absolute atomic E-state index is 11.8. The molecule has 0 bridgehead atoms. The summed E-state index contributed by atoms with van der Waals surface area (Å²) in [5.41, 5.74) is -0.0280. The van der Waals surface area contributed by atoms with Crippen LogP contribution in [0.2, 0.25) is 0 Å². The van der Waals surface area contributed by atoms with Crippen LogP contribution < -0.4 is 5.32 Å². The van der Waals surface area contributed by atoms with Crippen molar-refractivity contribution >= 4 is 11.9 Å². The minimum atomic E-state index is -0.601. The largest absolute Gasteiger partial charge is 0.481 e. The molecule has 3 aliphatic carbocycles. The molecule has 3 fully saturated rings. The monoisotopic (exact) mass is 331 g/mol. The zero-order chi connectivity index (χ0) is 17.3. The van der Waals surface area contributed by atoms with Crippen LogP contribution in [-0.4, -0.2) is 23.0 Å². The molecule has 4 aliphatic rings. The highest BCUT2D eigenvalue weighted by Gasteiger charge is 2.62. The standard InChI is InChI=1S/C20H29NO3/c1-11-10-15-20(3,9-7-16(22)21-15)13-6-8-19(2)12(17(11)13)4-5-14(19)18(23)24/h7,9,11-15,17H,4-6,8,10H2,1-3H3,(H,21,22)(H,23,24). The van der Waals surface area contributed by atoms with Crippen molar-refractivity contribution in [3.05, 3.63) is 12.2 Å². The van der Waals surface area contributed by atoms with E-state index in [1.54, 1.807) is 6.08 Å². The van der Waals surface area contributed by atoms with Gasteiger partial charge in [-0.25, -0.2) is 0 Å². The Morgan fingerprint density at radius 1 is 1.25 bits per heavy atom. The normalized spacial score (nSPS) is 52.9. The second-order valence-electron chi connectivity index (χ2n) is 9.28. The maximum Gasteiger partial charge on any atom is 0.307 e. The van der Waals surface area contributed by atoms with Crippen molar-refractivity contribution in [2.24, 2.45) is 40.4 Å². The van der Waals surface area contributed by atoms with Gasteiger partial charge in [0.1, 0.15) is 0 Å². The van der Waals surface area contributed by atoms with Gasteiger partial charge in [-0.2, -0.15) is 0 Å². The predicted octanol–water partition coefficient (Wildman–Crippen LogP) is 3.23. The van der Waals surface area contributed by atoms with Crippen molar-refractivity contribution in [3.63, 3.8) is 0 Å². The van der Waals surface area contributed by atoms with Gasteiger partial charge >= 0.3 is 5.97 Å². The second-order valence-corrected chi connectivity index (χ2v) is 9.28. The van der Waals surface area contributed by atoms with Gasteiger partial charge in [-0.1, -0.05) is 26.8 Å². The number of rotatable bonds is 1. The van der Waals surface area contributed by atoms with E-state index < -0.39 is 5.97 Å². The number of carbonyl (C=O) groups is 2. The fraction of sp³-hybridized carbons (Fsp3) is 0.800. The zero-order valence-corrected chi connectivity index (χ0v) is 14.9. The van der Waals surface area contributed by atoms with Gasteiger partial charge in [0.2, 0.25) is 5.91 Å². The molecule has 4 rings (SSSR count). The number of aliphatic carboxylic acids is 1. The Bertz CT molecular complexity index is 614. The Balaban J connectivity index is 1.71. The van der Waals surface area contributed by atoms with Crippen molar-refractivity contribution in [1.29, 1.82) is 0 Å². The highest BCUT2D eigenvalue weighted by atomic mass is 16.4. The average molecular weight is 331 g/mol. The molecule has 1 heterocycles. The molecular weight excluding hydrogens is 302 g/mol. The molecule has 1 amide bonds. The molecule has 132 valence electrons. The third-order valence-electron chi connectivity index (χ3n) is 8.36. The Morgan fingerprint density at radius 2 is 2.00 bits per heavy atom. The van der Waals surface area contributed by atoms with Crippen LogP contribution in [-0.2, 0) is 9.59 Å². The molecule has 4 heteroatoms. The van der Waals surface area contributed by atoms with Crippen LogP contribution >= 0.6 is 0 Å². The molecule has 8 atom stereocenters. The summed E-state index contributed by atoms with van der Waals surface area (Å²) in [5.74, 6) is 1.44. The molecule has 4 nitrogen and oxygen atoms in total. The first kappa shape index (κ1) is 16.2. The third-order valence-corrected chi connectivity index (χ3v) is 8.36. The Labute approximate surface area is 144 Å². The highest BCUT2D eigenvalue weighted by molar-refractivity contribution is 5.89. The van der Waals surface area contributed by atoms with E-state index in [0.29, 0.717) is 23.7 Å². The van der Waals surface area contributed by atoms with E-state index in [2.05, 4.69) is 32.2 Å². The predicted molar refractivity (Wildman–Crippen MR) is 91.1 cm³/mol. The van der Waals surface area contributed by atoms with E-state index in [1.807, 2.05) is 0 Å². The van der Waals surface area contributed by atoms with Crippen LogP contribution in [0.4, 0.5) is 0 Å². The zero-order valence-electron chi connectivity index (χ0n) is 14.9. The smallest absolute Gasteiger partial charge is 0.307 e. The first-order valence-corrected chi connectivity index (χ1v) is 9.50. The number of nitrogens with one attached hydrogen (secondary N) is 1. The lowest BCUT2D eigenvalue weighted by molar-refractivity contribution is -0.151. The summed E-state index contributed by atoms with van der Waals surface area (Å²) in [6.45, 7) is 6.87. The molecule has 3 saturated carbocycles. The number of hydrogen-bond donors (Lipinski definition) is 2. The summed E-state index contributed by atoms with van der Waals surface area (Å²) in [4.78, 5) is 23.6. The van der Waals surface area contributed by atoms with E-state index in [1.165, 1.54) is 0 Å². The SMILES string of the molecule is CC1CC2NC(=O)C=CC2(C)C2CCC3(C)C(C(=O)O)CCC3C12. The Kier molecular flexibility index (Phi) is 3.43. The van der Waals surface area contributed by atoms with Crippen LogP contribution in [0.25, 0.3) is 0 Å². The van der Waals surface area contributed by atoms with Crippen molar-refractivity contribution in [3.8, 4) is 0 Å². The molecule has 0 aromatic rings. The lowest BCUT2D eigenvalue weighted by atomic mass is 9.45. The highest BCUT2D eigenvalue weighted by Crippen LogP contribution is 2.66. The Hall–Kier alpha value is -1.32. The first-order chi connectivity index (χ1) is 11.3. The van der Waals surface area contributed by atoms with E-state index >= 15 is 0 Å². The summed E-state index contributed by atoms with van der Waals surface area (Å²) in [7, 11) is 0. The van der Waals surface area contributed by atoms with Crippen molar-refractivity contribution in [1.82, 2.24) is 5.32 Å². The van der Waals surface area contributed by atoms with E-state index in [-0.39, 0.29) is 28.7 Å². The summed E-state index contributed by atoms with van der Waals surface area (Å²) in [5, 5.41) is 12.9. The van der Waals surface area contributed by atoms with Gasteiger partial charge in [-0.3, -0.25) is 9.59 Å². The number of carboxylic acids is 1. The topological polar surface area (TPSA) is 66.4 Å². The number of carbonyl (C=O) groups excluding carboxylic acids is 1. The lowest BCUT2D eigenvalue weighted by Crippen LogP contribution is -2.61. The summed E-state index contributed by atoms with van der Waals surface area (Å²) in [6, 6.07) is 0.229. The number of amides is 1. The van der Waals surface area contributed by atoms with Crippen LogP contribution in [0.5, 0.6) is 0 Å². The minimum Gasteiger partial charge on any atom is -0.481 e. The molecule has 8 unspecified atom stereocenters. The molecule has 0 saturated heterocycles. The quantitative estimate of drug-likeness (QED) is 0.775. The molecule has 24 heavy (non-hydrogen) atoms. The van der Waals surface area contributed by atoms with E-state index in [4.69, 9.17) is 0 Å². The van der Waals surface area contributed by atoms with Gasteiger partial charge in [0.15, 0.2) is 0 Å². The molecule has 1 aliphatic heterocycles. The summed E-state index contributed by atoms with van der Waals surface area (Å²) < 4.78 is 0. The fourth-order valence-corrected chi connectivity index (χ4v) is 7.09. The van der Waals surface area contributed by atoms with Gasteiger partial charge in [0.05, 0.1) is 5.92 Å². The number of hydrogen-bond acceptors (Lipinski definition) is 2. The minimum absolute atomic E-state index is 0.0216. The third kappa shape index (κ3) is 1.98. The van der Waals surface area contributed by atoms with Crippen molar-refractivity contribution < 1.29 is 14.7 Å². The van der Waals surface area contributed by atoms with Gasteiger partial charge in [0.25, 0.3) is 0 Å².